The van der Waals surface area contributed by atoms with Gasteiger partial charge >= 0.3 is 0 Å². The first-order chi connectivity index (χ1) is 30.2. The van der Waals surface area contributed by atoms with Gasteiger partial charge < -0.3 is 13.7 Å². The standard InChI is InChI=1S/C58H37NO2/c1-4-16-38(17-5-1)41-30-32-45(33-31-41)59(53-28-15-27-49-47-25-12-13-29-55(47)60-57(49)53)54-36-44(40-20-8-3-9-21-40)35-51-52-37-50(46-24-10-11-26-48(46)56(52)61-58(51)54)43-23-14-22-42(34-43)39-18-6-2-7-19-39/h1-37H. The van der Waals surface area contributed by atoms with Gasteiger partial charge in [-0.2, -0.15) is 0 Å². The monoisotopic (exact) mass is 779 g/mol. The fraction of sp³-hybridized carbons (Fsp3) is 0. The molecule has 3 heteroatoms. The molecule has 0 bridgehead atoms. The molecular formula is C58H37NO2. The molecular weight excluding hydrogens is 743 g/mol. The highest BCUT2D eigenvalue weighted by atomic mass is 16.3. The van der Waals surface area contributed by atoms with Crippen molar-refractivity contribution in [3.05, 3.63) is 224 Å². The minimum Gasteiger partial charge on any atom is -0.454 e. The van der Waals surface area contributed by atoms with E-state index in [0.717, 1.165) is 99.5 Å². The van der Waals surface area contributed by atoms with Crippen LogP contribution in [0.15, 0.2) is 233 Å². The molecule has 2 heterocycles. The number of nitrogens with zero attached hydrogens (tertiary/aromatic N) is 1. The highest BCUT2D eigenvalue weighted by Crippen LogP contribution is 2.49. The molecule has 61 heavy (non-hydrogen) atoms. The minimum atomic E-state index is 0.801. The Hall–Kier alpha value is -8.14. The molecule has 0 spiro atoms. The molecule has 0 atom stereocenters. The summed E-state index contributed by atoms with van der Waals surface area (Å²) in [4.78, 5) is 2.32. The molecule has 0 unspecified atom stereocenters. The summed E-state index contributed by atoms with van der Waals surface area (Å²) in [6, 6.07) is 79.8. The maximum Gasteiger partial charge on any atom is 0.159 e. The van der Waals surface area contributed by atoms with Gasteiger partial charge in [-0.1, -0.05) is 176 Å². The predicted octanol–water partition coefficient (Wildman–Crippen LogP) is 16.8. The maximum absolute atomic E-state index is 7.29. The Morgan fingerprint density at radius 3 is 1.51 bits per heavy atom. The van der Waals surface area contributed by atoms with Crippen molar-refractivity contribution >= 4 is 71.7 Å². The van der Waals surface area contributed by atoms with E-state index in [4.69, 9.17) is 8.83 Å². The highest BCUT2D eigenvalue weighted by molar-refractivity contribution is 6.22. The van der Waals surface area contributed by atoms with Crippen LogP contribution < -0.4 is 4.90 Å². The van der Waals surface area contributed by atoms with Crippen LogP contribution in [0.1, 0.15) is 0 Å². The lowest BCUT2D eigenvalue weighted by atomic mass is 9.93. The molecule has 0 aliphatic carbocycles. The average Bonchev–Trinajstić information content (AvgIpc) is 3.92. The smallest absolute Gasteiger partial charge is 0.159 e. The van der Waals surface area contributed by atoms with Crippen LogP contribution in [0, 0.1) is 0 Å². The fourth-order valence-electron chi connectivity index (χ4n) is 9.13. The summed E-state index contributed by atoms with van der Waals surface area (Å²) in [6.07, 6.45) is 0. The fourth-order valence-corrected chi connectivity index (χ4v) is 9.13. The maximum atomic E-state index is 7.29. The van der Waals surface area contributed by atoms with E-state index >= 15 is 0 Å². The highest BCUT2D eigenvalue weighted by Gasteiger charge is 2.26. The molecule has 0 saturated heterocycles. The number of anilines is 3. The molecule has 2 aromatic heterocycles. The molecule has 0 aliphatic heterocycles. The van der Waals surface area contributed by atoms with Gasteiger partial charge in [-0.15, -0.1) is 0 Å². The zero-order valence-electron chi connectivity index (χ0n) is 33.1. The Balaban J connectivity index is 1.16. The van der Waals surface area contributed by atoms with Crippen LogP contribution in [0.5, 0.6) is 0 Å². The van der Waals surface area contributed by atoms with E-state index in [2.05, 4.69) is 217 Å². The van der Waals surface area contributed by atoms with E-state index in [0.29, 0.717) is 0 Å². The molecule has 0 fully saturated rings. The number of furan rings is 2. The average molecular weight is 780 g/mol. The van der Waals surface area contributed by atoms with Crippen molar-refractivity contribution in [2.24, 2.45) is 0 Å². The largest absolute Gasteiger partial charge is 0.454 e. The number of para-hydroxylation sites is 2. The first-order valence-corrected chi connectivity index (χ1v) is 20.7. The molecule has 0 amide bonds. The van der Waals surface area contributed by atoms with Crippen LogP contribution in [0.2, 0.25) is 0 Å². The van der Waals surface area contributed by atoms with E-state index < -0.39 is 0 Å². The lowest BCUT2D eigenvalue weighted by molar-refractivity contribution is 0.667. The third-order valence-electron chi connectivity index (χ3n) is 12.0. The Morgan fingerprint density at radius 2 is 0.770 bits per heavy atom. The predicted molar refractivity (Wildman–Crippen MR) is 255 cm³/mol. The van der Waals surface area contributed by atoms with Crippen molar-refractivity contribution in [1.82, 2.24) is 0 Å². The summed E-state index contributed by atoms with van der Waals surface area (Å²) in [5.74, 6) is 0. The van der Waals surface area contributed by atoms with Crippen molar-refractivity contribution in [3.63, 3.8) is 0 Å². The van der Waals surface area contributed by atoms with Crippen LogP contribution >= 0.6 is 0 Å². The molecule has 0 radical (unpaired) electrons. The van der Waals surface area contributed by atoms with Gasteiger partial charge in [-0.25, -0.2) is 0 Å². The van der Waals surface area contributed by atoms with Gasteiger partial charge in [0.15, 0.2) is 11.2 Å². The summed E-state index contributed by atoms with van der Waals surface area (Å²) < 4.78 is 14.1. The number of rotatable bonds is 7. The number of hydrogen-bond donors (Lipinski definition) is 0. The van der Waals surface area contributed by atoms with Gasteiger partial charge in [-0.05, 0) is 98.4 Å². The van der Waals surface area contributed by atoms with Gasteiger partial charge in [0, 0.05) is 32.6 Å². The summed E-state index contributed by atoms with van der Waals surface area (Å²) in [5, 5.41) is 6.47. The second-order valence-electron chi connectivity index (χ2n) is 15.6. The third-order valence-corrected chi connectivity index (χ3v) is 12.0. The minimum absolute atomic E-state index is 0.801. The van der Waals surface area contributed by atoms with Gasteiger partial charge in [-0.3, -0.25) is 0 Å². The topological polar surface area (TPSA) is 29.5 Å². The zero-order valence-corrected chi connectivity index (χ0v) is 33.1. The molecule has 0 saturated carbocycles. The molecule has 3 nitrogen and oxygen atoms in total. The van der Waals surface area contributed by atoms with E-state index in [1.165, 1.54) is 16.7 Å². The van der Waals surface area contributed by atoms with Gasteiger partial charge in [0.05, 0.1) is 11.4 Å². The van der Waals surface area contributed by atoms with E-state index in [9.17, 15) is 0 Å². The van der Waals surface area contributed by atoms with Crippen molar-refractivity contribution in [1.29, 1.82) is 0 Å². The summed E-state index contributed by atoms with van der Waals surface area (Å²) in [5.41, 5.74) is 15.4. The zero-order chi connectivity index (χ0) is 40.3. The Bertz CT molecular complexity index is 3570. The SMILES string of the molecule is c1ccc(-c2ccc(N(c3cccc4c3oc3ccccc34)c3cc(-c4ccccc4)cc4c3oc3c5ccccc5c(-c5cccc(-c6ccccc6)c5)cc43)cc2)cc1. The van der Waals surface area contributed by atoms with Crippen LogP contribution in [0.3, 0.4) is 0 Å². The Labute approximate surface area is 353 Å². The van der Waals surface area contributed by atoms with Crippen LogP contribution in [0.25, 0.3) is 99.2 Å². The molecule has 12 rings (SSSR count). The van der Waals surface area contributed by atoms with Crippen LogP contribution in [-0.4, -0.2) is 0 Å². The molecule has 12 aromatic rings. The van der Waals surface area contributed by atoms with Crippen molar-refractivity contribution in [2.45, 2.75) is 0 Å². The van der Waals surface area contributed by atoms with Crippen molar-refractivity contribution in [3.8, 4) is 44.5 Å². The molecule has 286 valence electrons. The third kappa shape index (κ3) is 5.90. The first kappa shape index (κ1) is 34.9. The normalized spacial score (nSPS) is 11.6. The Kier molecular flexibility index (Phi) is 8.17. The quantitative estimate of drug-likeness (QED) is 0.161. The van der Waals surface area contributed by atoms with Crippen molar-refractivity contribution in [2.75, 3.05) is 4.90 Å². The van der Waals surface area contributed by atoms with Gasteiger partial charge in [0.1, 0.15) is 11.2 Å². The van der Waals surface area contributed by atoms with Crippen LogP contribution in [-0.2, 0) is 0 Å². The second kappa shape index (κ2) is 14.3. The van der Waals surface area contributed by atoms with Crippen molar-refractivity contribution < 1.29 is 8.83 Å². The van der Waals surface area contributed by atoms with Crippen LogP contribution in [0.4, 0.5) is 17.1 Å². The van der Waals surface area contributed by atoms with E-state index in [1.54, 1.807) is 0 Å². The van der Waals surface area contributed by atoms with E-state index in [-0.39, 0.29) is 0 Å². The molecule has 0 N–H and O–H groups in total. The van der Waals surface area contributed by atoms with E-state index in [1.807, 2.05) is 12.1 Å². The summed E-state index contributed by atoms with van der Waals surface area (Å²) >= 11 is 0. The summed E-state index contributed by atoms with van der Waals surface area (Å²) in [6.45, 7) is 0. The summed E-state index contributed by atoms with van der Waals surface area (Å²) in [7, 11) is 0. The number of benzene rings is 10. The lowest BCUT2D eigenvalue weighted by Crippen LogP contribution is -2.11. The van der Waals surface area contributed by atoms with Gasteiger partial charge in [0.25, 0.3) is 0 Å². The second-order valence-corrected chi connectivity index (χ2v) is 15.6. The lowest BCUT2D eigenvalue weighted by Gasteiger charge is -2.26. The number of hydrogen-bond acceptors (Lipinski definition) is 3. The Morgan fingerprint density at radius 1 is 0.262 bits per heavy atom. The molecule has 0 aliphatic rings. The van der Waals surface area contributed by atoms with Gasteiger partial charge in [0.2, 0.25) is 0 Å². The first-order valence-electron chi connectivity index (χ1n) is 20.7. The molecule has 10 aromatic carbocycles. The number of fused-ring (bicyclic) bond motifs is 8.